The molecule has 0 fully saturated rings. The normalized spacial score (nSPS) is 11.4. The molecule has 1 rings (SSSR count). The lowest BCUT2D eigenvalue weighted by molar-refractivity contribution is -0.0886. The summed E-state index contributed by atoms with van der Waals surface area (Å²) in [6.45, 7) is 0. The first-order chi connectivity index (χ1) is 6.34. The Morgan fingerprint density at radius 3 is 2.36 bits per heavy atom. The Hall–Kier alpha value is -1.23. The van der Waals surface area contributed by atoms with Crippen LogP contribution in [0.15, 0.2) is 18.2 Å². The lowest BCUT2D eigenvalue weighted by Crippen LogP contribution is -2.23. The largest absolute Gasteiger partial charge is 0.507 e. The summed E-state index contributed by atoms with van der Waals surface area (Å²) in [5.41, 5.74) is -0.915. The predicted molar refractivity (Wildman–Crippen MR) is 43.5 cm³/mol. The van der Waals surface area contributed by atoms with Gasteiger partial charge in [0.1, 0.15) is 5.75 Å². The highest BCUT2D eigenvalue weighted by molar-refractivity contribution is 6.34. The van der Waals surface area contributed by atoms with E-state index in [1.807, 2.05) is 0 Å². The van der Waals surface area contributed by atoms with E-state index in [4.69, 9.17) is 16.7 Å². The molecule has 76 valence electrons. The number of carbonyl (C=O) groups is 1. The second-order valence-electron chi connectivity index (χ2n) is 2.46. The number of ketones is 1. The van der Waals surface area contributed by atoms with Gasteiger partial charge < -0.3 is 5.11 Å². The molecule has 0 bridgehead atoms. The third kappa shape index (κ3) is 1.98. The molecule has 6 heteroatoms. The second-order valence-corrected chi connectivity index (χ2v) is 2.87. The Morgan fingerprint density at radius 1 is 1.36 bits per heavy atom. The van der Waals surface area contributed by atoms with E-state index in [1.54, 1.807) is 0 Å². The lowest BCUT2D eigenvalue weighted by atomic mass is 10.1. The van der Waals surface area contributed by atoms with Crippen LogP contribution in [0.25, 0.3) is 0 Å². The van der Waals surface area contributed by atoms with Crippen molar-refractivity contribution >= 4 is 17.4 Å². The Morgan fingerprint density at radius 2 is 1.93 bits per heavy atom. The van der Waals surface area contributed by atoms with Crippen LogP contribution in [0, 0.1) is 0 Å². The van der Waals surface area contributed by atoms with E-state index in [0.717, 1.165) is 12.1 Å². The van der Waals surface area contributed by atoms with Gasteiger partial charge in [0, 0.05) is 0 Å². The fraction of sp³-hybridized carbons (Fsp3) is 0.125. The molecule has 0 saturated heterocycles. The topological polar surface area (TPSA) is 37.3 Å². The average Bonchev–Trinajstić information content (AvgIpc) is 2.01. The number of alkyl halides is 3. The first kappa shape index (κ1) is 10.8. The van der Waals surface area contributed by atoms with Gasteiger partial charge in [0.2, 0.25) is 0 Å². The molecule has 0 amide bonds. The molecule has 1 N–H and O–H groups in total. The molecule has 0 aliphatic carbocycles. The summed E-state index contributed by atoms with van der Waals surface area (Å²) in [5, 5.41) is 8.60. The Balaban J connectivity index is 3.26. The van der Waals surface area contributed by atoms with Crippen LogP contribution in [0.4, 0.5) is 13.2 Å². The third-order valence-electron chi connectivity index (χ3n) is 1.48. The molecule has 0 atom stereocenters. The highest BCUT2D eigenvalue weighted by Crippen LogP contribution is 2.31. The first-order valence-electron chi connectivity index (χ1n) is 3.43. The van der Waals surface area contributed by atoms with Crippen LogP contribution in [0.1, 0.15) is 10.4 Å². The first-order valence-corrected chi connectivity index (χ1v) is 3.81. The zero-order valence-corrected chi connectivity index (χ0v) is 7.36. The maximum Gasteiger partial charge on any atom is 0.455 e. The van der Waals surface area contributed by atoms with Gasteiger partial charge in [0.05, 0.1) is 10.6 Å². The van der Waals surface area contributed by atoms with E-state index in [-0.39, 0.29) is 0 Å². The van der Waals surface area contributed by atoms with E-state index in [9.17, 15) is 18.0 Å². The number of carbonyl (C=O) groups excluding carboxylic acids is 1. The van der Waals surface area contributed by atoms with Gasteiger partial charge >= 0.3 is 6.18 Å². The molecule has 0 saturated carbocycles. The molecule has 1 aromatic carbocycles. The highest BCUT2D eigenvalue weighted by Gasteiger charge is 2.41. The van der Waals surface area contributed by atoms with Crippen molar-refractivity contribution in [1.29, 1.82) is 0 Å². The molecule has 2 nitrogen and oxygen atoms in total. The number of aromatic hydroxyl groups is 1. The van der Waals surface area contributed by atoms with Crippen molar-refractivity contribution in [3.63, 3.8) is 0 Å². The van der Waals surface area contributed by atoms with Crippen molar-refractivity contribution in [3.8, 4) is 5.75 Å². The number of hydrogen-bond acceptors (Lipinski definition) is 2. The second kappa shape index (κ2) is 3.49. The van der Waals surface area contributed by atoms with Gasteiger partial charge in [-0.25, -0.2) is 0 Å². The van der Waals surface area contributed by atoms with Crippen LogP contribution >= 0.6 is 11.6 Å². The molecule has 0 aliphatic rings. The third-order valence-corrected chi connectivity index (χ3v) is 1.79. The van der Waals surface area contributed by atoms with Crippen LogP contribution in [0.3, 0.4) is 0 Å². The van der Waals surface area contributed by atoms with Crippen LogP contribution < -0.4 is 0 Å². The zero-order valence-electron chi connectivity index (χ0n) is 6.60. The van der Waals surface area contributed by atoms with Gasteiger partial charge in [-0.2, -0.15) is 13.2 Å². The van der Waals surface area contributed by atoms with Crippen molar-refractivity contribution < 1.29 is 23.1 Å². The number of hydrogen-bond donors (Lipinski definition) is 1. The molecular formula is C8H4ClF3O2. The van der Waals surface area contributed by atoms with Crippen LogP contribution in [-0.4, -0.2) is 17.1 Å². The molecule has 0 aromatic heterocycles. The standard InChI is InChI=1S/C8H4ClF3O2/c9-4-2-1-3-5(13)6(4)7(14)8(10,11)12/h1-3,13H. The summed E-state index contributed by atoms with van der Waals surface area (Å²) in [6, 6.07) is 3.30. The number of Topliss-reactive ketones (excluding diaryl/α,β-unsaturated/α-hetero) is 1. The van der Waals surface area contributed by atoms with E-state index in [1.165, 1.54) is 6.07 Å². The molecule has 0 aliphatic heterocycles. The maximum atomic E-state index is 12.0. The monoisotopic (exact) mass is 224 g/mol. The van der Waals surface area contributed by atoms with E-state index in [2.05, 4.69) is 0 Å². The number of phenolic OH excluding ortho intramolecular Hbond substituents is 1. The van der Waals surface area contributed by atoms with Crippen molar-refractivity contribution in [2.45, 2.75) is 6.18 Å². The molecule has 0 unspecified atom stereocenters. The van der Waals surface area contributed by atoms with E-state index >= 15 is 0 Å². The summed E-state index contributed by atoms with van der Waals surface area (Å²) in [7, 11) is 0. The molecule has 14 heavy (non-hydrogen) atoms. The van der Waals surface area contributed by atoms with Gasteiger partial charge in [-0.3, -0.25) is 4.79 Å². The minimum Gasteiger partial charge on any atom is -0.507 e. The van der Waals surface area contributed by atoms with Gasteiger partial charge in [-0.1, -0.05) is 17.7 Å². The van der Waals surface area contributed by atoms with Gasteiger partial charge in [0.25, 0.3) is 5.78 Å². The van der Waals surface area contributed by atoms with Crippen molar-refractivity contribution in [2.24, 2.45) is 0 Å². The molecule has 0 spiro atoms. The molecule has 1 aromatic rings. The quantitative estimate of drug-likeness (QED) is 0.745. The maximum absolute atomic E-state index is 12.0. The minimum atomic E-state index is -5.04. The van der Waals surface area contributed by atoms with Crippen molar-refractivity contribution in [2.75, 3.05) is 0 Å². The van der Waals surface area contributed by atoms with Crippen molar-refractivity contribution in [3.05, 3.63) is 28.8 Å². The van der Waals surface area contributed by atoms with E-state index in [0.29, 0.717) is 0 Å². The molecule has 0 heterocycles. The fourth-order valence-electron chi connectivity index (χ4n) is 0.879. The van der Waals surface area contributed by atoms with Crippen LogP contribution in [0.2, 0.25) is 5.02 Å². The average molecular weight is 225 g/mol. The summed E-state index contributed by atoms with van der Waals surface area (Å²) in [5.74, 6) is -2.93. The lowest BCUT2D eigenvalue weighted by Gasteiger charge is -2.08. The van der Waals surface area contributed by atoms with E-state index < -0.39 is 28.3 Å². The minimum absolute atomic E-state index is 0.424. The zero-order chi connectivity index (χ0) is 10.9. The summed E-state index contributed by atoms with van der Waals surface area (Å²) in [6.07, 6.45) is -5.04. The van der Waals surface area contributed by atoms with Crippen LogP contribution in [-0.2, 0) is 0 Å². The summed E-state index contributed by atoms with van der Waals surface area (Å²) in [4.78, 5) is 10.7. The van der Waals surface area contributed by atoms with Gasteiger partial charge in [0.15, 0.2) is 0 Å². The Labute approximate surface area is 81.9 Å². The Kier molecular flexibility index (Phi) is 2.71. The fourth-order valence-corrected chi connectivity index (χ4v) is 1.13. The van der Waals surface area contributed by atoms with Crippen LogP contribution in [0.5, 0.6) is 5.75 Å². The van der Waals surface area contributed by atoms with Gasteiger partial charge in [-0.05, 0) is 12.1 Å². The van der Waals surface area contributed by atoms with Gasteiger partial charge in [-0.15, -0.1) is 0 Å². The molecular weight excluding hydrogens is 221 g/mol. The number of benzene rings is 1. The molecule has 0 radical (unpaired) electrons. The summed E-state index contributed by atoms with van der Waals surface area (Å²) < 4.78 is 35.9. The smallest absolute Gasteiger partial charge is 0.455 e. The SMILES string of the molecule is O=C(c1c(O)cccc1Cl)C(F)(F)F. The number of phenols is 1. The number of halogens is 4. The Bertz CT molecular complexity index is 353. The highest BCUT2D eigenvalue weighted by atomic mass is 35.5. The number of rotatable bonds is 1. The summed E-state index contributed by atoms with van der Waals surface area (Å²) >= 11 is 5.35. The van der Waals surface area contributed by atoms with Crippen molar-refractivity contribution in [1.82, 2.24) is 0 Å². The predicted octanol–water partition coefficient (Wildman–Crippen LogP) is 2.79.